The number of nitrogens with zero attached hydrogens (tertiary/aromatic N) is 2. The Bertz CT molecular complexity index is 1100. The van der Waals surface area contributed by atoms with Crippen molar-refractivity contribution in [3.8, 4) is 11.3 Å². The quantitative estimate of drug-likeness (QED) is 0.510. The van der Waals surface area contributed by atoms with Crippen molar-refractivity contribution >= 4 is 32.4 Å². The van der Waals surface area contributed by atoms with Crippen molar-refractivity contribution in [1.29, 1.82) is 0 Å². The van der Waals surface area contributed by atoms with E-state index >= 15 is 0 Å². The van der Waals surface area contributed by atoms with Crippen LogP contribution in [0.25, 0.3) is 26.4 Å². The summed E-state index contributed by atoms with van der Waals surface area (Å²) in [4.78, 5) is 17.7. The molecule has 0 bridgehead atoms. The van der Waals surface area contributed by atoms with E-state index in [1.165, 1.54) is 23.5 Å². The van der Waals surface area contributed by atoms with E-state index in [0.29, 0.717) is 18.7 Å². The molecule has 4 rings (SSSR count). The summed E-state index contributed by atoms with van der Waals surface area (Å²) in [5, 5.41) is 2.89. The van der Waals surface area contributed by atoms with Crippen LogP contribution in [0.15, 0.2) is 48.7 Å². The zero-order chi connectivity index (χ0) is 18.8. The van der Waals surface area contributed by atoms with E-state index in [0.717, 1.165) is 32.9 Å². The number of carbonyl (C=O) groups is 1. The third-order valence-corrected chi connectivity index (χ3v) is 5.32. The fraction of sp³-hybridized carbons (Fsp3) is 0.200. The number of halogens is 1. The molecule has 0 saturated carbocycles. The predicted octanol–water partition coefficient (Wildman–Crippen LogP) is 4.12. The van der Waals surface area contributed by atoms with Gasteiger partial charge in [0.15, 0.2) is 4.96 Å². The lowest BCUT2D eigenvalue weighted by Gasteiger charge is -2.05. The Labute approximate surface area is 159 Å². The molecule has 0 spiro atoms. The molecule has 1 N–H and O–H groups in total. The molecule has 4 aromatic rings. The third-order valence-electron chi connectivity index (χ3n) is 4.31. The van der Waals surface area contributed by atoms with Crippen molar-refractivity contribution in [3.63, 3.8) is 0 Å². The second-order valence-electron chi connectivity index (χ2n) is 6.17. The smallest absolute Gasteiger partial charge is 0.251 e. The molecule has 27 heavy (non-hydrogen) atoms. The lowest BCUT2D eigenvalue weighted by Crippen LogP contribution is -2.25. The maximum atomic E-state index is 13.1. The Kier molecular flexibility index (Phi) is 4.87. The van der Waals surface area contributed by atoms with Gasteiger partial charge in [-0.3, -0.25) is 9.20 Å². The van der Waals surface area contributed by atoms with Crippen LogP contribution in [0.3, 0.4) is 0 Å². The van der Waals surface area contributed by atoms with E-state index in [4.69, 9.17) is 4.74 Å². The van der Waals surface area contributed by atoms with Gasteiger partial charge in [0.25, 0.3) is 5.91 Å². The number of amides is 1. The molecule has 1 amide bonds. The SMILES string of the molecule is COCCCNC(=O)c1ccc2c(c1)sc1nc(-c3ccc(F)cc3)cn12. The van der Waals surface area contributed by atoms with Crippen molar-refractivity contribution in [3.05, 3.63) is 60.0 Å². The van der Waals surface area contributed by atoms with E-state index in [2.05, 4.69) is 10.3 Å². The average molecular weight is 383 g/mol. The number of ether oxygens (including phenoxy) is 1. The van der Waals surface area contributed by atoms with Gasteiger partial charge in [-0.15, -0.1) is 0 Å². The van der Waals surface area contributed by atoms with E-state index in [9.17, 15) is 9.18 Å². The average Bonchev–Trinajstić information content (AvgIpc) is 3.23. The van der Waals surface area contributed by atoms with Gasteiger partial charge >= 0.3 is 0 Å². The summed E-state index contributed by atoms with van der Waals surface area (Å²) in [5.41, 5.74) is 3.28. The van der Waals surface area contributed by atoms with Crippen molar-refractivity contribution < 1.29 is 13.9 Å². The lowest BCUT2D eigenvalue weighted by atomic mass is 10.2. The second-order valence-corrected chi connectivity index (χ2v) is 7.18. The number of aromatic nitrogens is 2. The highest BCUT2D eigenvalue weighted by Crippen LogP contribution is 2.30. The number of hydrogen-bond donors (Lipinski definition) is 1. The maximum absolute atomic E-state index is 13.1. The molecule has 138 valence electrons. The number of methoxy groups -OCH3 is 1. The summed E-state index contributed by atoms with van der Waals surface area (Å²) >= 11 is 1.52. The number of hydrogen-bond acceptors (Lipinski definition) is 4. The zero-order valence-electron chi connectivity index (χ0n) is 14.7. The summed E-state index contributed by atoms with van der Waals surface area (Å²) in [6.07, 6.45) is 2.72. The summed E-state index contributed by atoms with van der Waals surface area (Å²) in [7, 11) is 1.64. The van der Waals surface area contributed by atoms with Crippen LogP contribution in [0.4, 0.5) is 4.39 Å². The summed E-state index contributed by atoms with van der Waals surface area (Å²) in [5.74, 6) is -0.357. The molecule has 0 aliphatic carbocycles. The van der Waals surface area contributed by atoms with Crippen LogP contribution in [0.5, 0.6) is 0 Å². The Hall–Kier alpha value is -2.77. The van der Waals surface area contributed by atoms with Crippen molar-refractivity contribution in [2.24, 2.45) is 0 Å². The van der Waals surface area contributed by atoms with Crippen molar-refractivity contribution in [2.45, 2.75) is 6.42 Å². The third kappa shape index (κ3) is 3.56. The van der Waals surface area contributed by atoms with Gasteiger partial charge in [0, 0.05) is 37.6 Å². The Morgan fingerprint density at radius 2 is 2.07 bits per heavy atom. The fourth-order valence-electron chi connectivity index (χ4n) is 2.92. The maximum Gasteiger partial charge on any atom is 0.251 e. The van der Waals surface area contributed by atoms with Crippen LogP contribution < -0.4 is 5.32 Å². The van der Waals surface area contributed by atoms with Crippen LogP contribution in [0.2, 0.25) is 0 Å². The molecule has 0 fully saturated rings. The monoisotopic (exact) mass is 383 g/mol. The number of thiazole rings is 1. The number of benzene rings is 2. The van der Waals surface area contributed by atoms with Crippen molar-refractivity contribution in [2.75, 3.05) is 20.3 Å². The fourth-order valence-corrected chi connectivity index (χ4v) is 3.97. The highest BCUT2D eigenvalue weighted by Gasteiger charge is 2.13. The normalized spacial score (nSPS) is 11.3. The number of rotatable bonds is 6. The standard InChI is InChI=1S/C20H18FN3O2S/c1-26-10-2-9-22-19(25)14-5-8-17-18(11-14)27-20-23-16(12-24(17)20)13-3-6-15(21)7-4-13/h3-8,11-12H,2,9-10H2,1H3,(H,22,25). The summed E-state index contributed by atoms with van der Waals surface area (Å²) in [6, 6.07) is 11.9. The zero-order valence-corrected chi connectivity index (χ0v) is 15.6. The van der Waals surface area contributed by atoms with Gasteiger partial charge in [-0.2, -0.15) is 0 Å². The number of carbonyl (C=O) groups excluding carboxylic acids is 1. The van der Waals surface area contributed by atoms with E-state index < -0.39 is 0 Å². The Morgan fingerprint density at radius 1 is 1.26 bits per heavy atom. The van der Waals surface area contributed by atoms with Gasteiger partial charge in [-0.05, 0) is 48.9 Å². The molecule has 0 unspecified atom stereocenters. The minimum atomic E-state index is -0.266. The summed E-state index contributed by atoms with van der Waals surface area (Å²) in [6.45, 7) is 1.21. The van der Waals surface area contributed by atoms with Gasteiger partial charge in [0.1, 0.15) is 5.82 Å². The lowest BCUT2D eigenvalue weighted by molar-refractivity contribution is 0.0949. The molecule has 2 aromatic heterocycles. The van der Waals surface area contributed by atoms with Crippen molar-refractivity contribution in [1.82, 2.24) is 14.7 Å². The van der Waals surface area contributed by atoms with Crippen LogP contribution in [-0.4, -0.2) is 35.6 Å². The van der Waals surface area contributed by atoms with Gasteiger partial charge in [0.05, 0.1) is 15.9 Å². The minimum absolute atomic E-state index is 0.0916. The van der Waals surface area contributed by atoms with E-state index in [-0.39, 0.29) is 11.7 Å². The molecule has 0 aliphatic rings. The Morgan fingerprint density at radius 3 is 2.85 bits per heavy atom. The van der Waals surface area contributed by atoms with Gasteiger partial charge in [0.2, 0.25) is 0 Å². The number of fused-ring (bicyclic) bond motifs is 3. The van der Waals surface area contributed by atoms with Crippen LogP contribution in [0, 0.1) is 5.82 Å². The highest BCUT2D eigenvalue weighted by molar-refractivity contribution is 7.23. The number of imidazole rings is 1. The van der Waals surface area contributed by atoms with Gasteiger partial charge < -0.3 is 10.1 Å². The molecule has 2 aromatic carbocycles. The summed E-state index contributed by atoms with van der Waals surface area (Å²) < 4.78 is 21.1. The topological polar surface area (TPSA) is 55.6 Å². The first kappa shape index (κ1) is 17.6. The molecular weight excluding hydrogens is 365 g/mol. The van der Waals surface area contributed by atoms with Crippen LogP contribution in [0.1, 0.15) is 16.8 Å². The first-order valence-corrected chi connectivity index (χ1v) is 9.42. The Balaban J connectivity index is 1.60. The number of nitrogens with one attached hydrogen (secondary N) is 1. The van der Waals surface area contributed by atoms with E-state index in [1.54, 1.807) is 19.2 Å². The molecule has 7 heteroatoms. The van der Waals surface area contributed by atoms with Gasteiger partial charge in [-0.1, -0.05) is 11.3 Å². The molecule has 5 nitrogen and oxygen atoms in total. The first-order valence-electron chi connectivity index (χ1n) is 8.60. The van der Waals surface area contributed by atoms with Crippen LogP contribution in [-0.2, 0) is 4.74 Å². The van der Waals surface area contributed by atoms with E-state index in [1.807, 2.05) is 28.8 Å². The highest BCUT2D eigenvalue weighted by atomic mass is 32.1. The predicted molar refractivity (Wildman–Crippen MR) is 105 cm³/mol. The molecule has 0 radical (unpaired) electrons. The molecule has 0 atom stereocenters. The minimum Gasteiger partial charge on any atom is -0.385 e. The molecule has 0 aliphatic heterocycles. The molecule has 0 saturated heterocycles. The molecular formula is C20H18FN3O2S. The van der Waals surface area contributed by atoms with Crippen LogP contribution >= 0.6 is 11.3 Å². The molecule has 2 heterocycles. The van der Waals surface area contributed by atoms with Gasteiger partial charge in [-0.25, -0.2) is 9.37 Å². The first-order chi connectivity index (χ1) is 13.2. The largest absolute Gasteiger partial charge is 0.385 e. The second kappa shape index (κ2) is 7.46.